The molecule has 0 radical (unpaired) electrons. The highest BCUT2D eigenvalue weighted by molar-refractivity contribution is 7.88. The van der Waals surface area contributed by atoms with Crippen molar-refractivity contribution >= 4 is 15.9 Å². The van der Waals surface area contributed by atoms with Crippen molar-refractivity contribution in [2.45, 2.75) is 50.4 Å². The van der Waals surface area contributed by atoms with Crippen LogP contribution in [0.3, 0.4) is 0 Å². The number of nitrogens with one attached hydrogen (secondary N) is 1. The molecule has 0 bridgehead atoms. The molecule has 4 aliphatic heterocycles. The van der Waals surface area contributed by atoms with Crippen molar-refractivity contribution in [3.8, 4) is 0 Å². The number of hydrogen-bond donors (Lipinski definition) is 2. The molecule has 5 atom stereocenters. The first-order valence-corrected chi connectivity index (χ1v) is 13.3. The molecule has 0 aromatic rings. The predicted octanol–water partition coefficient (Wildman–Crippen LogP) is 0.645. The average Bonchev–Trinajstić information content (AvgIpc) is 3.37. The second-order valence-corrected chi connectivity index (χ2v) is 11.8. The van der Waals surface area contributed by atoms with Gasteiger partial charge in [-0.15, -0.1) is 0 Å². The summed E-state index contributed by atoms with van der Waals surface area (Å²) in [6.07, 6.45) is -0.110. The molecule has 1 amide bonds. The van der Waals surface area contributed by atoms with Gasteiger partial charge in [-0.25, -0.2) is 23.2 Å². The minimum absolute atomic E-state index is 0.0702. The number of hydrazine groups is 1. The molecule has 12 heteroatoms. The van der Waals surface area contributed by atoms with Crippen LogP contribution in [-0.2, 0) is 14.8 Å². The van der Waals surface area contributed by atoms with Crippen molar-refractivity contribution in [3.63, 3.8) is 0 Å². The number of aliphatic hydroxyl groups is 1. The number of rotatable bonds is 4. The Labute approximate surface area is 187 Å². The van der Waals surface area contributed by atoms with Crippen LogP contribution < -0.4 is 5.43 Å². The normalized spacial score (nSPS) is 35.9. The zero-order valence-electron chi connectivity index (χ0n) is 18.3. The van der Waals surface area contributed by atoms with Gasteiger partial charge < -0.3 is 10.0 Å². The summed E-state index contributed by atoms with van der Waals surface area (Å²) in [5.74, 6) is -1.33. The van der Waals surface area contributed by atoms with Crippen molar-refractivity contribution in [2.24, 2.45) is 23.7 Å². The van der Waals surface area contributed by atoms with E-state index in [1.54, 1.807) is 5.01 Å². The van der Waals surface area contributed by atoms with Crippen LogP contribution in [0.2, 0.25) is 0 Å². The van der Waals surface area contributed by atoms with Gasteiger partial charge in [-0.3, -0.25) is 4.79 Å². The summed E-state index contributed by atoms with van der Waals surface area (Å²) in [6, 6.07) is -2.44. The first-order chi connectivity index (χ1) is 15.0. The van der Waals surface area contributed by atoms with Crippen LogP contribution in [0.25, 0.3) is 0 Å². The van der Waals surface area contributed by atoms with Crippen LogP contribution in [0, 0.1) is 23.7 Å². The van der Waals surface area contributed by atoms with E-state index >= 15 is 0 Å². The van der Waals surface area contributed by atoms with Crippen molar-refractivity contribution in [3.05, 3.63) is 0 Å². The summed E-state index contributed by atoms with van der Waals surface area (Å²) >= 11 is 0. The van der Waals surface area contributed by atoms with E-state index in [1.165, 1.54) is 15.5 Å². The quantitative estimate of drug-likeness (QED) is 0.611. The number of amides is 1. The number of likely N-dealkylation sites (tertiary alicyclic amines) is 1. The van der Waals surface area contributed by atoms with Gasteiger partial charge >= 0.3 is 6.18 Å². The summed E-state index contributed by atoms with van der Waals surface area (Å²) in [4.78, 5) is 14.8. The molecule has 4 saturated heterocycles. The molecule has 0 spiro atoms. The maximum atomic E-state index is 13.9. The number of piperidine rings is 2. The van der Waals surface area contributed by atoms with E-state index < -0.39 is 40.1 Å². The second-order valence-electron chi connectivity index (χ2n) is 9.84. The number of sulfonamides is 1. The lowest BCUT2D eigenvalue weighted by molar-refractivity contribution is -0.172. The molecule has 4 fully saturated rings. The van der Waals surface area contributed by atoms with Gasteiger partial charge in [0.15, 0.2) is 0 Å². The highest BCUT2D eigenvalue weighted by Gasteiger charge is 2.59. The molecular formula is C20H33F3N4O4S. The van der Waals surface area contributed by atoms with Gasteiger partial charge in [-0.2, -0.15) is 13.2 Å². The monoisotopic (exact) mass is 482 g/mol. The van der Waals surface area contributed by atoms with Crippen molar-refractivity contribution < 1.29 is 31.5 Å². The molecule has 4 aliphatic rings. The molecule has 0 aliphatic carbocycles. The van der Waals surface area contributed by atoms with Crippen LogP contribution >= 0.6 is 0 Å². The Kier molecular flexibility index (Phi) is 6.81. The zero-order valence-corrected chi connectivity index (χ0v) is 19.1. The molecular weight excluding hydrogens is 449 g/mol. The van der Waals surface area contributed by atoms with Crippen molar-refractivity contribution in [2.75, 3.05) is 45.6 Å². The standard InChI is InChI=1S/C20H33F3N4O4S/c1-32(30,31)26-7-3-14(4-8-26)15-5-9-27-16(10-15)17(18(24-27)20(21,22)23)19(29)25-6-2-13(11-25)12-28/h13-18,24,28H,2-12H2,1H3. The molecule has 4 rings (SSSR count). The minimum atomic E-state index is -4.54. The Morgan fingerprint density at radius 1 is 1.06 bits per heavy atom. The highest BCUT2D eigenvalue weighted by atomic mass is 32.2. The Hall–Kier alpha value is -0.950. The Balaban J connectivity index is 1.48. The highest BCUT2D eigenvalue weighted by Crippen LogP contribution is 2.43. The maximum absolute atomic E-state index is 13.9. The number of carbonyl (C=O) groups excluding carboxylic acids is 1. The number of carbonyl (C=O) groups is 1. The van der Waals surface area contributed by atoms with Gasteiger partial charge in [0.2, 0.25) is 15.9 Å². The van der Waals surface area contributed by atoms with E-state index in [4.69, 9.17) is 0 Å². The largest absolute Gasteiger partial charge is 0.406 e. The summed E-state index contributed by atoms with van der Waals surface area (Å²) in [5, 5.41) is 11.0. The first-order valence-electron chi connectivity index (χ1n) is 11.4. The first kappa shape index (κ1) is 24.2. The SMILES string of the molecule is CS(=O)(=O)N1CCC(C2CCN3NC(C(F)(F)F)C(C(=O)N4CCC(CO)C4)C3C2)CC1. The Morgan fingerprint density at radius 3 is 2.28 bits per heavy atom. The van der Waals surface area contributed by atoms with Crippen LogP contribution in [-0.4, -0.2) is 97.5 Å². The summed E-state index contributed by atoms with van der Waals surface area (Å²) in [7, 11) is -3.23. The lowest BCUT2D eigenvalue weighted by atomic mass is 9.74. The number of halogens is 3. The Morgan fingerprint density at radius 2 is 1.72 bits per heavy atom. The Bertz CT molecular complexity index is 803. The molecule has 0 aromatic carbocycles. The third-order valence-corrected chi connectivity index (χ3v) is 9.19. The van der Waals surface area contributed by atoms with Gasteiger partial charge in [0.1, 0.15) is 6.04 Å². The van der Waals surface area contributed by atoms with Crippen LogP contribution in [0.15, 0.2) is 0 Å². The molecule has 4 heterocycles. The van der Waals surface area contributed by atoms with Gasteiger partial charge in [0, 0.05) is 51.3 Å². The van der Waals surface area contributed by atoms with E-state index in [-0.39, 0.29) is 24.4 Å². The zero-order chi connectivity index (χ0) is 23.3. The van der Waals surface area contributed by atoms with E-state index in [2.05, 4.69) is 5.43 Å². The summed E-state index contributed by atoms with van der Waals surface area (Å²) < 4.78 is 66.7. The molecule has 2 N–H and O–H groups in total. The van der Waals surface area contributed by atoms with E-state index in [1.807, 2.05) is 0 Å². The summed E-state index contributed by atoms with van der Waals surface area (Å²) in [5.41, 5.74) is 2.59. The fraction of sp³-hybridized carbons (Fsp3) is 0.950. The fourth-order valence-corrected chi connectivity index (χ4v) is 6.97. The lowest BCUT2D eigenvalue weighted by Gasteiger charge is -2.42. The summed E-state index contributed by atoms with van der Waals surface area (Å²) in [6.45, 7) is 1.94. The molecule has 184 valence electrons. The number of aliphatic hydroxyl groups excluding tert-OH is 1. The van der Waals surface area contributed by atoms with Crippen molar-refractivity contribution in [1.29, 1.82) is 0 Å². The smallest absolute Gasteiger partial charge is 0.396 e. The molecule has 0 saturated carbocycles. The third-order valence-electron chi connectivity index (χ3n) is 7.89. The number of alkyl halides is 3. The average molecular weight is 483 g/mol. The minimum Gasteiger partial charge on any atom is -0.396 e. The van der Waals surface area contributed by atoms with E-state index in [9.17, 15) is 31.5 Å². The molecule has 0 aromatic heterocycles. The van der Waals surface area contributed by atoms with Gasteiger partial charge in [0.25, 0.3) is 0 Å². The third kappa shape index (κ3) is 4.79. The van der Waals surface area contributed by atoms with Gasteiger partial charge in [0.05, 0.1) is 12.2 Å². The van der Waals surface area contributed by atoms with Crippen LogP contribution in [0.4, 0.5) is 13.2 Å². The van der Waals surface area contributed by atoms with Crippen LogP contribution in [0.5, 0.6) is 0 Å². The number of fused-ring (bicyclic) bond motifs is 1. The molecule has 8 nitrogen and oxygen atoms in total. The lowest BCUT2D eigenvalue weighted by Crippen LogP contribution is -2.50. The predicted molar refractivity (Wildman–Crippen MR) is 111 cm³/mol. The number of nitrogens with zero attached hydrogens (tertiary/aromatic N) is 3. The van der Waals surface area contributed by atoms with E-state index in [0.717, 1.165) is 6.42 Å². The van der Waals surface area contributed by atoms with Gasteiger partial charge in [-0.1, -0.05) is 0 Å². The molecule has 32 heavy (non-hydrogen) atoms. The van der Waals surface area contributed by atoms with Crippen LogP contribution in [0.1, 0.15) is 32.1 Å². The maximum Gasteiger partial charge on any atom is 0.406 e. The topological polar surface area (TPSA) is 93.2 Å². The molecule has 5 unspecified atom stereocenters. The number of hydrogen-bond acceptors (Lipinski definition) is 6. The second kappa shape index (κ2) is 9.01. The van der Waals surface area contributed by atoms with Crippen molar-refractivity contribution in [1.82, 2.24) is 19.6 Å². The fourth-order valence-electron chi connectivity index (χ4n) is 6.09. The van der Waals surface area contributed by atoms with E-state index in [0.29, 0.717) is 58.4 Å². The van der Waals surface area contributed by atoms with Gasteiger partial charge in [-0.05, 0) is 43.9 Å².